The summed E-state index contributed by atoms with van der Waals surface area (Å²) in [6, 6.07) is 2.18. The van der Waals surface area contributed by atoms with Crippen molar-refractivity contribution in [3.8, 4) is 11.5 Å². The van der Waals surface area contributed by atoms with E-state index in [1.807, 2.05) is 0 Å². The third-order valence-corrected chi connectivity index (χ3v) is 3.51. The van der Waals surface area contributed by atoms with Crippen molar-refractivity contribution >= 4 is 27.8 Å². The van der Waals surface area contributed by atoms with Crippen LogP contribution in [-0.2, 0) is 4.79 Å². The van der Waals surface area contributed by atoms with Crippen molar-refractivity contribution in [1.82, 2.24) is 5.32 Å². The summed E-state index contributed by atoms with van der Waals surface area (Å²) in [7, 11) is 2.91. The number of amides is 1. The summed E-state index contributed by atoms with van der Waals surface area (Å²) in [5.74, 6) is -1.08. The van der Waals surface area contributed by atoms with E-state index in [0.29, 0.717) is 16.0 Å². The molecule has 0 aromatic heterocycles. The van der Waals surface area contributed by atoms with Crippen LogP contribution in [0.5, 0.6) is 11.5 Å². The number of hydrogen-bond donors (Lipinski definition) is 2. The Morgan fingerprint density at radius 2 is 1.86 bits per heavy atom. The molecule has 0 aliphatic heterocycles. The Kier molecular flexibility index (Phi) is 6.02. The Balaban J connectivity index is 3.17. The van der Waals surface area contributed by atoms with Crippen molar-refractivity contribution in [1.29, 1.82) is 0 Å². The molecule has 0 radical (unpaired) electrons. The number of aliphatic carboxylic acids is 1. The fourth-order valence-corrected chi connectivity index (χ4v) is 2.40. The predicted molar refractivity (Wildman–Crippen MR) is 81.0 cm³/mol. The quantitative estimate of drug-likeness (QED) is 0.813. The highest BCUT2D eigenvalue weighted by Crippen LogP contribution is 2.33. The van der Waals surface area contributed by atoms with Gasteiger partial charge in [-0.1, -0.05) is 13.8 Å². The Hall–Kier alpha value is -1.76. The maximum Gasteiger partial charge on any atom is 0.326 e. The first kappa shape index (κ1) is 17.3. The molecule has 0 spiro atoms. The van der Waals surface area contributed by atoms with E-state index in [-0.39, 0.29) is 11.5 Å². The van der Waals surface area contributed by atoms with Crippen molar-refractivity contribution in [3.63, 3.8) is 0 Å². The van der Waals surface area contributed by atoms with Crippen molar-refractivity contribution in [2.24, 2.45) is 5.92 Å². The second-order valence-corrected chi connectivity index (χ2v) is 5.58. The Morgan fingerprint density at radius 3 is 2.29 bits per heavy atom. The summed E-state index contributed by atoms with van der Waals surface area (Å²) < 4.78 is 10.8. The first-order valence-corrected chi connectivity index (χ1v) is 7.06. The van der Waals surface area contributed by atoms with Crippen LogP contribution < -0.4 is 14.8 Å². The van der Waals surface area contributed by atoms with Crippen LogP contribution >= 0.6 is 15.9 Å². The fraction of sp³-hybridized carbons (Fsp3) is 0.429. The highest BCUT2D eigenvalue weighted by Gasteiger charge is 2.26. The molecular formula is C14H18BrNO5. The van der Waals surface area contributed by atoms with Gasteiger partial charge in [0.25, 0.3) is 5.91 Å². The normalized spacial score (nSPS) is 11.9. The average molecular weight is 360 g/mol. The van der Waals surface area contributed by atoms with Crippen LogP contribution in [-0.4, -0.2) is 37.2 Å². The molecule has 21 heavy (non-hydrogen) atoms. The third-order valence-electron chi connectivity index (χ3n) is 2.92. The number of rotatable bonds is 6. The predicted octanol–water partition coefficient (Wildman–Crippen LogP) is 2.31. The van der Waals surface area contributed by atoms with Gasteiger partial charge < -0.3 is 19.9 Å². The van der Waals surface area contributed by atoms with Crippen LogP contribution in [0.3, 0.4) is 0 Å². The monoisotopic (exact) mass is 359 g/mol. The second kappa shape index (κ2) is 7.31. The van der Waals surface area contributed by atoms with Gasteiger partial charge in [-0.05, 0) is 34.0 Å². The molecule has 0 heterocycles. The maximum atomic E-state index is 12.3. The van der Waals surface area contributed by atoms with Crippen LogP contribution in [0.15, 0.2) is 16.6 Å². The number of carboxylic acids is 1. The highest BCUT2D eigenvalue weighted by molar-refractivity contribution is 9.10. The molecule has 6 nitrogen and oxygen atoms in total. The molecular weight excluding hydrogens is 342 g/mol. The number of carbonyl (C=O) groups excluding carboxylic acids is 1. The van der Waals surface area contributed by atoms with Gasteiger partial charge in [0.05, 0.1) is 24.3 Å². The second-order valence-electron chi connectivity index (χ2n) is 4.72. The molecule has 0 bridgehead atoms. The molecule has 0 aliphatic carbocycles. The molecule has 0 saturated heterocycles. The Morgan fingerprint density at radius 1 is 1.24 bits per heavy atom. The molecule has 1 unspecified atom stereocenters. The van der Waals surface area contributed by atoms with Gasteiger partial charge in [-0.3, -0.25) is 4.79 Å². The van der Waals surface area contributed by atoms with Crippen molar-refractivity contribution in [2.75, 3.05) is 14.2 Å². The van der Waals surface area contributed by atoms with Crippen LogP contribution in [0.25, 0.3) is 0 Å². The summed E-state index contributed by atoms with van der Waals surface area (Å²) in [4.78, 5) is 23.5. The fourth-order valence-electron chi connectivity index (χ4n) is 1.80. The zero-order valence-corrected chi connectivity index (χ0v) is 13.9. The maximum absolute atomic E-state index is 12.3. The standard InChI is InChI=1S/C14H18BrNO5/c1-7(2)11(14(18)19)16-13(17)9-5-8(20-3)6-10(15)12(9)21-4/h5-7,11H,1-4H3,(H,16,17)(H,18,19). The molecule has 0 fully saturated rings. The number of nitrogens with one attached hydrogen (secondary N) is 1. The highest BCUT2D eigenvalue weighted by atomic mass is 79.9. The number of methoxy groups -OCH3 is 2. The first-order valence-electron chi connectivity index (χ1n) is 6.27. The number of ether oxygens (including phenoxy) is 2. The van der Waals surface area contributed by atoms with Gasteiger partial charge in [-0.2, -0.15) is 0 Å². The van der Waals surface area contributed by atoms with Crippen molar-refractivity contribution in [3.05, 3.63) is 22.2 Å². The summed E-state index contributed by atoms with van der Waals surface area (Å²) >= 11 is 3.29. The largest absolute Gasteiger partial charge is 0.497 e. The Labute approximate surface area is 131 Å². The summed E-state index contributed by atoms with van der Waals surface area (Å²) in [6.07, 6.45) is 0. The minimum Gasteiger partial charge on any atom is -0.497 e. The van der Waals surface area contributed by atoms with Crippen LogP contribution in [0.4, 0.5) is 0 Å². The number of carboxylic acid groups (broad SMARTS) is 1. The van der Waals surface area contributed by atoms with E-state index in [2.05, 4.69) is 21.2 Å². The van der Waals surface area contributed by atoms with Gasteiger partial charge in [0.2, 0.25) is 0 Å². The van der Waals surface area contributed by atoms with Crippen molar-refractivity contribution < 1.29 is 24.2 Å². The number of halogens is 1. The lowest BCUT2D eigenvalue weighted by Gasteiger charge is -2.19. The summed E-state index contributed by atoms with van der Waals surface area (Å²) in [6.45, 7) is 3.44. The number of benzene rings is 1. The van der Waals surface area contributed by atoms with Crippen LogP contribution in [0.2, 0.25) is 0 Å². The van der Waals surface area contributed by atoms with Gasteiger partial charge in [0.1, 0.15) is 17.5 Å². The van der Waals surface area contributed by atoms with Gasteiger partial charge in [0, 0.05) is 0 Å². The molecule has 1 rings (SSSR count). The van der Waals surface area contributed by atoms with Crippen LogP contribution in [0, 0.1) is 5.92 Å². The first-order chi connectivity index (χ1) is 9.81. The SMILES string of the molecule is COc1cc(Br)c(OC)c(C(=O)NC(C(=O)O)C(C)C)c1. The van der Waals surface area contributed by atoms with E-state index in [0.717, 1.165) is 0 Å². The molecule has 2 N–H and O–H groups in total. The molecule has 1 aromatic rings. The third kappa shape index (κ3) is 4.10. The van der Waals surface area contributed by atoms with Gasteiger partial charge in [-0.25, -0.2) is 4.79 Å². The van der Waals surface area contributed by atoms with E-state index in [9.17, 15) is 9.59 Å². The van der Waals surface area contributed by atoms with E-state index in [1.54, 1.807) is 19.9 Å². The van der Waals surface area contributed by atoms with Crippen molar-refractivity contribution in [2.45, 2.75) is 19.9 Å². The lowest BCUT2D eigenvalue weighted by molar-refractivity contribution is -0.140. The van der Waals surface area contributed by atoms with E-state index in [1.165, 1.54) is 20.3 Å². The van der Waals surface area contributed by atoms with E-state index < -0.39 is 17.9 Å². The minimum atomic E-state index is -1.08. The smallest absolute Gasteiger partial charge is 0.326 e. The molecule has 1 aromatic carbocycles. The van der Waals surface area contributed by atoms with Gasteiger partial charge in [-0.15, -0.1) is 0 Å². The van der Waals surface area contributed by atoms with E-state index >= 15 is 0 Å². The topological polar surface area (TPSA) is 84.9 Å². The van der Waals surface area contributed by atoms with Crippen LogP contribution in [0.1, 0.15) is 24.2 Å². The molecule has 1 atom stereocenters. The number of hydrogen-bond acceptors (Lipinski definition) is 4. The summed E-state index contributed by atoms with van der Waals surface area (Å²) in [5, 5.41) is 11.6. The summed E-state index contributed by atoms with van der Waals surface area (Å²) in [5.41, 5.74) is 0.204. The zero-order valence-electron chi connectivity index (χ0n) is 12.3. The Bertz CT molecular complexity index is 544. The molecule has 0 aliphatic rings. The van der Waals surface area contributed by atoms with Gasteiger partial charge >= 0.3 is 5.97 Å². The molecule has 116 valence electrons. The molecule has 0 saturated carbocycles. The molecule has 7 heteroatoms. The molecule has 1 amide bonds. The zero-order chi connectivity index (χ0) is 16.2. The van der Waals surface area contributed by atoms with E-state index in [4.69, 9.17) is 14.6 Å². The number of carbonyl (C=O) groups is 2. The average Bonchev–Trinajstić information content (AvgIpc) is 2.42. The lowest BCUT2D eigenvalue weighted by Crippen LogP contribution is -2.44. The van der Waals surface area contributed by atoms with Gasteiger partial charge in [0.15, 0.2) is 0 Å². The lowest BCUT2D eigenvalue weighted by atomic mass is 10.0. The minimum absolute atomic E-state index is 0.204.